The monoisotopic (exact) mass is 433 g/mol. The van der Waals surface area contributed by atoms with Crippen LogP contribution in [0.3, 0.4) is 0 Å². The minimum absolute atomic E-state index is 0.108. The molecular weight excluding hydrogens is 406 g/mol. The first kappa shape index (κ1) is 21.6. The van der Waals surface area contributed by atoms with E-state index in [-0.39, 0.29) is 17.7 Å². The van der Waals surface area contributed by atoms with E-state index in [9.17, 15) is 9.59 Å². The number of furan rings is 1. The maximum absolute atomic E-state index is 13.6. The molecule has 3 aromatic rings. The number of carbonyl (C=O) groups excluding carboxylic acids is 2. The summed E-state index contributed by atoms with van der Waals surface area (Å²) in [4.78, 5) is 32.9. The van der Waals surface area contributed by atoms with E-state index in [4.69, 9.17) is 9.15 Å². The SMILES string of the molecule is CCOc1cccc(N(C(=O)c2ccco2)[C@H](C(=O)NC2CCCC2)c2cccnc2)c1. The number of amides is 2. The lowest BCUT2D eigenvalue weighted by Crippen LogP contribution is -2.46. The Kier molecular flexibility index (Phi) is 6.84. The summed E-state index contributed by atoms with van der Waals surface area (Å²) in [5, 5.41) is 3.15. The smallest absolute Gasteiger partial charge is 0.294 e. The summed E-state index contributed by atoms with van der Waals surface area (Å²) >= 11 is 0. The van der Waals surface area contributed by atoms with E-state index in [0.717, 1.165) is 25.7 Å². The standard InChI is InChI=1S/C25H27N3O4/c1-2-31-21-12-5-11-20(16-21)28(25(30)22-13-7-15-32-22)23(18-8-6-14-26-17-18)24(29)27-19-9-3-4-10-19/h5-8,11-17,19,23H,2-4,9-10H2,1H3,(H,27,29)/t23-/m0/s1. The summed E-state index contributed by atoms with van der Waals surface area (Å²) in [5.74, 6) is 0.100. The number of pyridine rings is 1. The predicted molar refractivity (Wildman–Crippen MR) is 121 cm³/mol. The zero-order valence-corrected chi connectivity index (χ0v) is 18.1. The summed E-state index contributed by atoms with van der Waals surface area (Å²) in [6.45, 7) is 2.38. The molecular formula is C25H27N3O4. The van der Waals surface area contributed by atoms with Crippen molar-refractivity contribution in [3.8, 4) is 5.75 Å². The largest absolute Gasteiger partial charge is 0.494 e. The van der Waals surface area contributed by atoms with Crippen molar-refractivity contribution >= 4 is 17.5 Å². The molecule has 1 fully saturated rings. The van der Waals surface area contributed by atoms with Crippen LogP contribution in [0.1, 0.15) is 54.8 Å². The summed E-state index contributed by atoms with van der Waals surface area (Å²) in [6, 6.07) is 13.2. The van der Waals surface area contributed by atoms with E-state index < -0.39 is 11.9 Å². The van der Waals surface area contributed by atoms with Crippen LogP contribution in [0.5, 0.6) is 5.75 Å². The Hall–Kier alpha value is -3.61. The average Bonchev–Trinajstić information content (AvgIpc) is 3.52. The highest BCUT2D eigenvalue weighted by Gasteiger charge is 2.36. The van der Waals surface area contributed by atoms with Crippen molar-refractivity contribution in [3.05, 3.63) is 78.5 Å². The van der Waals surface area contributed by atoms with Crippen LogP contribution in [0.15, 0.2) is 71.6 Å². The molecule has 1 atom stereocenters. The van der Waals surface area contributed by atoms with Gasteiger partial charge in [0.05, 0.1) is 12.9 Å². The number of ether oxygens (including phenoxy) is 1. The minimum Gasteiger partial charge on any atom is -0.494 e. The van der Waals surface area contributed by atoms with Crippen LogP contribution in [0, 0.1) is 0 Å². The maximum atomic E-state index is 13.6. The Bertz CT molecular complexity index is 1030. The lowest BCUT2D eigenvalue weighted by molar-refractivity contribution is -0.123. The van der Waals surface area contributed by atoms with Crippen LogP contribution in [0.2, 0.25) is 0 Å². The fourth-order valence-electron chi connectivity index (χ4n) is 4.10. The van der Waals surface area contributed by atoms with Crippen molar-refractivity contribution in [1.29, 1.82) is 0 Å². The molecule has 0 unspecified atom stereocenters. The molecule has 32 heavy (non-hydrogen) atoms. The van der Waals surface area contributed by atoms with E-state index >= 15 is 0 Å². The average molecular weight is 434 g/mol. The van der Waals surface area contributed by atoms with Crippen molar-refractivity contribution in [2.75, 3.05) is 11.5 Å². The summed E-state index contributed by atoms with van der Waals surface area (Å²) in [6.07, 6.45) is 8.77. The number of hydrogen-bond donors (Lipinski definition) is 1. The van der Waals surface area contributed by atoms with Crippen LogP contribution in [-0.4, -0.2) is 29.4 Å². The van der Waals surface area contributed by atoms with Gasteiger partial charge < -0.3 is 14.5 Å². The Morgan fingerprint density at radius 3 is 2.72 bits per heavy atom. The highest BCUT2D eigenvalue weighted by molar-refractivity contribution is 6.08. The van der Waals surface area contributed by atoms with Gasteiger partial charge in [0.2, 0.25) is 5.91 Å². The van der Waals surface area contributed by atoms with Crippen molar-refractivity contribution in [3.63, 3.8) is 0 Å². The van der Waals surface area contributed by atoms with Crippen molar-refractivity contribution in [1.82, 2.24) is 10.3 Å². The zero-order valence-electron chi connectivity index (χ0n) is 18.1. The Morgan fingerprint density at radius 2 is 2.03 bits per heavy atom. The van der Waals surface area contributed by atoms with Gasteiger partial charge in [-0.3, -0.25) is 19.5 Å². The normalized spacial score (nSPS) is 14.7. The van der Waals surface area contributed by atoms with E-state index in [1.807, 2.05) is 13.0 Å². The molecule has 0 bridgehead atoms. The molecule has 1 N–H and O–H groups in total. The van der Waals surface area contributed by atoms with E-state index in [1.165, 1.54) is 11.2 Å². The third kappa shape index (κ3) is 4.82. The van der Waals surface area contributed by atoms with Gasteiger partial charge in [0.1, 0.15) is 11.8 Å². The first-order valence-corrected chi connectivity index (χ1v) is 11.0. The summed E-state index contributed by atoms with van der Waals surface area (Å²) in [7, 11) is 0. The molecule has 1 aliphatic rings. The topological polar surface area (TPSA) is 84.7 Å². The van der Waals surface area contributed by atoms with Crippen molar-refractivity contribution < 1.29 is 18.7 Å². The molecule has 2 amide bonds. The molecule has 0 radical (unpaired) electrons. The van der Waals surface area contributed by atoms with Gasteiger partial charge in [-0.05, 0) is 50.1 Å². The number of hydrogen-bond acceptors (Lipinski definition) is 5. The molecule has 166 valence electrons. The third-order valence-electron chi connectivity index (χ3n) is 5.57. The number of carbonyl (C=O) groups is 2. The van der Waals surface area contributed by atoms with E-state index in [0.29, 0.717) is 23.6 Å². The van der Waals surface area contributed by atoms with Gasteiger partial charge in [-0.1, -0.05) is 25.0 Å². The van der Waals surface area contributed by atoms with Crippen molar-refractivity contribution in [2.45, 2.75) is 44.7 Å². The maximum Gasteiger partial charge on any atom is 0.294 e. The second kappa shape index (κ2) is 10.1. The van der Waals surface area contributed by atoms with Gasteiger partial charge >= 0.3 is 0 Å². The van der Waals surface area contributed by atoms with Gasteiger partial charge in [0.15, 0.2) is 5.76 Å². The van der Waals surface area contributed by atoms with Crippen molar-refractivity contribution in [2.24, 2.45) is 0 Å². The van der Waals surface area contributed by atoms with Gasteiger partial charge in [0, 0.05) is 35.8 Å². The minimum atomic E-state index is -0.918. The molecule has 2 aromatic heterocycles. The molecule has 0 saturated heterocycles. The third-order valence-corrected chi connectivity index (χ3v) is 5.57. The van der Waals surface area contributed by atoms with Gasteiger partial charge in [-0.2, -0.15) is 0 Å². The number of nitrogens with zero attached hydrogens (tertiary/aromatic N) is 2. The van der Waals surface area contributed by atoms with E-state index in [2.05, 4.69) is 10.3 Å². The fraction of sp³-hybridized carbons (Fsp3) is 0.320. The lowest BCUT2D eigenvalue weighted by atomic mass is 10.0. The first-order chi connectivity index (χ1) is 15.7. The summed E-state index contributed by atoms with van der Waals surface area (Å²) in [5.41, 5.74) is 1.15. The molecule has 2 heterocycles. The molecule has 4 rings (SSSR count). The number of anilines is 1. The summed E-state index contributed by atoms with van der Waals surface area (Å²) < 4.78 is 11.1. The molecule has 0 aliphatic heterocycles. The molecule has 1 saturated carbocycles. The van der Waals surface area contributed by atoms with Crippen LogP contribution >= 0.6 is 0 Å². The molecule has 7 nitrogen and oxygen atoms in total. The second-order valence-electron chi connectivity index (χ2n) is 7.76. The Morgan fingerprint density at radius 1 is 1.19 bits per heavy atom. The predicted octanol–water partition coefficient (Wildman–Crippen LogP) is 4.52. The number of aromatic nitrogens is 1. The van der Waals surface area contributed by atoms with Gasteiger partial charge in [-0.25, -0.2) is 0 Å². The second-order valence-corrected chi connectivity index (χ2v) is 7.76. The highest BCUT2D eigenvalue weighted by Crippen LogP contribution is 2.32. The number of nitrogens with one attached hydrogen (secondary N) is 1. The molecule has 1 aliphatic carbocycles. The van der Waals surface area contributed by atoms with Crippen LogP contribution in [0.4, 0.5) is 5.69 Å². The fourth-order valence-corrected chi connectivity index (χ4v) is 4.10. The Labute approximate surface area is 187 Å². The highest BCUT2D eigenvalue weighted by atomic mass is 16.5. The number of benzene rings is 1. The molecule has 0 spiro atoms. The molecule has 7 heteroatoms. The first-order valence-electron chi connectivity index (χ1n) is 11.0. The van der Waals surface area contributed by atoms with Crippen LogP contribution < -0.4 is 15.0 Å². The number of rotatable bonds is 8. The van der Waals surface area contributed by atoms with Crippen LogP contribution in [0.25, 0.3) is 0 Å². The van der Waals surface area contributed by atoms with Gasteiger partial charge in [0.25, 0.3) is 5.91 Å². The quantitative estimate of drug-likeness (QED) is 0.565. The Balaban J connectivity index is 1.79. The lowest BCUT2D eigenvalue weighted by Gasteiger charge is -2.31. The molecule has 1 aromatic carbocycles. The van der Waals surface area contributed by atoms with E-state index in [1.54, 1.807) is 54.9 Å². The zero-order chi connectivity index (χ0) is 22.3. The van der Waals surface area contributed by atoms with Crippen LogP contribution in [-0.2, 0) is 4.79 Å². The van der Waals surface area contributed by atoms with Gasteiger partial charge in [-0.15, -0.1) is 0 Å².